The van der Waals surface area contributed by atoms with Crippen molar-refractivity contribution in [2.24, 2.45) is 0 Å². The van der Waals surface area contributed by atoms with Crippen LogP contribution >= 0.6 is 0 Å². The minimum absolute atomic E-state index is 0.0905. The van der Waals surface area contributed by atoms with Crippen molar-refractivity contribution in [3.63, 3.8) is 0 Å². The van der Waals surface area contributed by atoms with Crippen molar-refractivity contribution in [1.82, 2.24) is 10.6 Å². The number of hydrogen-bond acceptors (Lipinski definition) is 4. The topological polar surface area (TPSA) is 86.1 Å². The predicted octanol–water partition coefficient (Wildman–Crippen LogP) is -0.872. The standard InChI is InChI=1S/C18H28N4O3/c1-3-8-19-18(25)14(2)20-17(24)13-21-9-11-22(12-10-21)15-4-6-16(23)7-5-15/h4-7,14,23H,3,8-13H2,1-2H3,(H,19,25)(H,20,24)/p+1/t14-/m0/s1. The third kappa shape index (κ3) is 5.94. The van der Waals surface area contributed by atoms with Crippen LogP contribution in [0.4, 0.5) is 5.69 Å². The summed E-state index contributed by atoms with van der Waals surface area (Å²) < 4.78 is 0. The first-order chi connectivity index (χ1) is 12.0. The van der Waals surface area contributed by atoms with Gasteiger partial charge in [-0.25, -0.2) is 0 Å². The lowest BCUT2D eigenvalue weighted by atomic mass is 10.2. The van der Waals surface area contributed by atoms with E-state index < -0.39 is 6.04 Å². The van der Waals surface area contributed by atoms with Crippen molar-refractivity contribution in [3.8, 4) is 5.75 Å². The number of carbonyl (C=O) groups excluding carboxylic acids is 2. The zero-order valence-electron chi connectivity index (χ0n) is 15.0. The second-order valence-corrected chi connectivity index (χ2v) is 6.51. The zero-order valence-corrected chi connectivity index (χ0v) is 15.0. The van der Waals surface area contributed by atoms with Gasteiger partial charge in [-0.2, -0.15) is 0 Å². The number of anilines is 1. The fraction of sp³-hybridized carbons (Fsp3) is 0.556. The molecule has 0 aliphatic carbocycles. The molecule has 1 aromatic rings. The smallest absolute Gasteiger partial charge is 0.275 e. The number of benzene rings is 1. The molecule has 1 fully saturated rings. The molecule has 0 aromatic heterocycles. The van der Waals surface area contributed by atoms with Crippen LogP contribution in [0.5, 0.6) is 5.75 Å². The van der Waals surface area contributed by atoms with E-state index in [0.29, 0.717) is 13.1 Å². The Labute approximate surface area is 149 Å². The number of phenolic OH excluding ortho intramolecular Hbond substituents is 1. The molecule has 4 N–H and O–H groups in total. The summed E-state index contributed by atoms with van der Waals surface area (Å²) in [6.45, 7) is 8.17. The number of aromatic hydroxyl groups is 1. The van der Waals surface area contributed by atoms with E-state index >= 15 is 0 Å². The van der Waals surface area contributed by atoms with E-state index in [1.807, 2.05) is 19.1 Å². The SMILES string of the molecule is CCCNC(=O)[C@H](C)NC(=O)C[NH+]1CCN(c2ccc(O)cc2)CC1. The second-order valence-electron chi connectivity index (χ2n) is 6.51. The lowest BCUT2D eigenvalue weighted by Crippen LogP contribution is -3.16. The molecule has 1 aliphatic heterocycles. The molecule has 7 heteroatoms. The summed E-state index contributed by atoms with van der Waals surface area (Å²) in [7, 11) is 0. The van der Waals surface area contributed by atoms with Crippen molar-refractivity contribution in [2.45, 2.75) is 26.3 Å². The molecule has 0 unspecified atom stereocenters. The summed E-state index contributed by atoms with van der Waals surface area (Å²) in [6, 6.07) is 6.68. The summed E-state index contributed by atoms with van der Waals surface area (Å²) in [5, 5.41) is 14.9. The highest BCUT2D eigenvalue weighted by Crippen LogP contribution is 2.17. The van der Waals surface area contributed by atoms with Gasteiger partial charge in [0.1, 0.15) is 11.8 Å². The Bertz CT molecular complexity index is 568. The van der Waals surface area contributed by atoms with Crippen LogP contribution in [0.15, 0.2) is 24.3 Å². The van der Waals surface area contributed by atoms with Gasteiger partial charge in [-0.1, -0.05) is 6.92 Å². The third-order valence-electron chi connectivity index (χ3n) is 4.42. The van der Waals surface area contributed by atoms with Gasteiger partial charge in [0.05, 0.1) is 26.2 Å². The third-order valence-corrected chi connectivity index (χ3v) is 4.42. The normalized spacial score (nSPS) is 16.3. The zero-order chi connectivity index (χ0) is 18.2. The summed E-state index contributed by atoms with van der Waals surface area (Å²) in [4.78, 5) is 27.4. The molecule has 0 radical (unpaired) electrons. The van der Waals surface area contributed by atoms with Crippen LogP contribution < -0.4 is 20.4 Å². The molecule has 25 heavy (non-hydrogen) atoms. The maximum Gasteiger partial charge on any atom is 0.275 e. The lowest BCUT2D eigenvalue weighted by Gasteiger charge is -2.33. The van der Waals surface area contributed by atoms with E-state index in [0.717, 1.165) is 38.3 Å². The van der Waals surface area contributed by atoms with E-state index in [1.165, 1.54) is 4.90 Å². The van der Waals surface area contributed by atoms with Crippen LogP contribution in [-0.4, -0.2) is 62.2 Å². The van der Waals surface area contributed by atoms with Gasteiger partial charge in [-0.15, -0.1) is 0 Å². The Balaban J connectivity index is 1.73. The molecule has 1 aliphatic rings. The Morgan fingerprint density at radius 1 is 1.24 bits per heavy atom. The Morgan fingerprint density at radius 3 is 2.48 bits per heavy atom. The number of carbonyl (C=O) groups is 2. The highest BCUT2D eigenvalue weighted by atomic mass is 16.3. The molecule has 2 amide bonds. The van der Waals surface area contributed by atoms with Crippen LogP contribution in [0.25, 0.3) is 0 Å². The van der Waals surface area contributed by atoms with E-state index in [9.17, 15) is 14.7 Å². The molecule has 1 saturated heterocycles. The molecule has 0 bridgehead atoms. The lowest BCUT2D eigenvalue weighted by molar-refractivity contribution is -0.892. The number of nitrogens with zero attached hydrogens (tertiary/aromatic N) is 1. The molecular formula is C18H29N4O3+. The first kappa shape index (κ1) is 19.1. The van der Waals surface area contributed by atoms with Crippen molar-refractivity contribution < 1.29 is 19.6 Å². The van der Waals surface area contributed by atoms with Gasteiger partial charge in [-0.05, 0) is 37.6 Å². The van der Waals surface area contributed by atoms with Gasteiger partial charge in [0.2, 0.25) is 5.91 Å². The van der Waals surface area contributed by atoms with Gasteiger partial charge in [0.25, 0.3) is 5.91 Å². The number of phenols is 1. The number of piperazine rings is 1. The molecule has 0 spiro atoms. The van der Waals surface area contributed by atoms with E-state index in [-0.39, 0.29) is 17.6 Å². The van der Waals surface area contributed by atoms with E-state index in [2.05, 4.69) is 15.5 Å². The molecule has 1 heterocycles. The van der Waals surface area contributed by atoms with Crippen LogP contribution in [0, 0.1) is 0 Å². The average Bonchev–Trinajstić information content (AvgIpc) is 2.61. The number of hydrogen-bond donors (Lipinski definition) is 4. The Morgan fingerprint density at radius 2 is 1.88 bits per heavy atom. The molecule has 1 aromatic carbocycles. The fourth-order valence-electron chi connectivity index (χ4n) is 2.91. The first-order valence-electron chi connectivity index (χ1n) is 8.94. The first-order valence-corrected chi connectivity index (χ1v) is 8.94. The monoisotopic (exact) mass is 349 g/mol. The highest BCUT2D eigenvalue weighted by Gasteiger charge is 2.24. The van der Waals surface area contributed by atoms with Crippen molar-refractivity contribution in [3.05, 3.63) is 24.3 Å². The molecule has 7 nitrogen and oxygen atoms in total. The van der Waals surface area contributed by atoms with Gasteiger partial charge < -0.3 is 25.5 Å². The molecule has 0 saturated carbocycles. The number of nitrogens with one attached hydrogen (secondary N) is 3. The van der Waals surface area contributed by atoms with Gasteiger partial charge in [-0.3, -0.25) is 9.59 Å². The Kier molecular flexibility index (Phi) is 7.06. The van der Waals surface area contributed by atoms with Crippen LogP contribution in [0.3, 0.4) is 0 Å². The van der Waals surface area contributed by atoms with Crippen molar-refractivity contribution >= 4 is 17.5 Å². The number of amides is 2. The molecular weight excluding hydrogens is 320 g/mol. The quantitative estimate of drug-likeness (QED) is 0.515. The second kappa shape index (κ2) is 9.27. The summed E-state index contributed by atoms with van der Waals surface area (Å²) in [5.41, 5.74) is 1.09. The largest absolute Gasteiger partial charge is 0.508 e. The van der Waals surface area contributed by atoms with E-state index in [1.54, 1.807) is 19.1 Å². The van der Waals surface area contributed by atoms with E-state index in [4.69, 9.17) is 0 Å². The van der Waals surface area contributed by atoms with Gasteiger partial charge in [0.15, 0.2) is 6.54 Å². The van der Waals surface area contributed by atoms with Crippen LogP contribution in [-0.2, 0) is 9.59 Å². The van der Waals surface area contributed by atoms with Gasteiger partial charge in [0, 0.05) is 12.2 Å². The number of quaternary nitrogens is 1. The van der Waals surface area contributed by atoms with Gasteiger partial charge >= 0.3 is 0 Å². The number of rotatable bonds is 7. The van der Waals surface area contributed by atoms with Crippen molar-refractivity contribution in [2.75, 3.05) is 44.2 Å². The molecule has 1 atom stereocenters. The highest BCUT2D eigenvalue weighted by molar-refractivity contribution is 5.87. The Hall–Kier alpha value is -2.28. The summed E-state index contributed by atoms with van der Waals surface area (Å²) in [6.07, 6.45) is 0.877. The maximum absolute atomic E-state index is 12.1. The minimum atomic E-state index is -0.503. The predicted molar refractivity (Wildman–Crippen MR) is 96.8 cm³/mol. The van der Waals surface area contributed by atoms with Crippen molar-refractivity contribution in [1.29, 1.82) is 0 Å². The molecule has 2 rings (SSSR count). The van der Waals surface area contributed by atoms with Crippen LogP contribution in [0.2, 0.25) is 0 Å². The van der Waals surface area contributed by atoms with Crippen LogP contribution in [0.1, 0.15) is 20.3 Å². The fourth-order valence-corrected chi connectivity index (χ4v) is 2.91. The summed E-state index contributed by atoms with van der Waals surface area (Å²) >= 11 is 0. The average molecular weight is 349 g/mol. The molecule has 138 valence electrons. The summed E-state index contributed by atoms with van der Waals surface area (Å²) in [5.74, 6) is 0.0383. The maximum atomic E-state index is 12.1. The minimum Gasteiger partial charge on any atom is -0.508 e.